The molecule has 5 heteroatoms. The van der Waals surface area contributed by atoms with Crippen LogP contribution < -0.4 is 0 Å². The molecule has 3 heterocycles. The topological polar surface area (TPSA) is 47.9 Å². The van der Waals surface area contributed by atoms with Crippen LogP contribution in [0.25, 0.3) is 0 Å². The second-order valence-electron chi connectivity index (χ2n) is 8.02. The zero-order chi connectivity index (χ0) is 15.3. The molecule has 0 aromatic carbocycles. The first-order valence-corrected chi connectivity index (χ1v) is 10.5. The monoisotopic (exact) mass is 302 g/mol. The Morgan fingerprint density at radius 3 is 2.40 bits per heavy atom. The highest BCUT2D eigenvalue weighted by atomic mass is 28.4. The van der Waals surface area contributed by atoms with Gasteiger partial charge in [-0.1, -0.05) is 27.7 Å². The van der Waals surface area contributed by atoms with Crippen LogP contribution in [0.3, 0.4) is 0 Å². The van der Waals surface area contributed by atoms with Crippen LogP contribution in [0, 0.1) is 5.92 Å². The van der Waals surface area contributed by atoms with Gasteiger partial charge in [-0.25, -0.2) is 0 Å². The first-order valence-electron chi connectivity index (χ1n) is 7.62. The minimum absolute atomic E-state index is 0.000235. The summed E-state index contributed by atoms with van der Waals surface area (Å²) in [5, 5.41) is 10.7. The molecule has 3 saturated heterocycles. The van der Waals surface area contributed by atoms with Crippen molar-refractivity contribution in [2.75, 3.05) is 13.2 Å². The average Bonchev–Trinajstić information content (AvgIpc) is 2.32. The van der Waals surface area contributed by atoms with Crippen LogP contribution >= 0.6 is 0 Å². The van der Waals surface area contributed by atoms with E-state index < -0.39 is 20.0 Å². The molecule has 3 rings (SSSR count). The van der Waals surface area contributed by atoms with E-state index in [1.54, 1.807) is 0 Å². The van der Waals surface area contributed by atoms with E-state index >= 15 is 0 Å². The molecule has 5 atom stereocenters. The van der Waals surface area contributed by atoms with Gasteiger partial charge in [0.05, 0.1) is 31.5 Å². The van der Waals surface area contributed by atoms with Gasteiger partial charge in [0.2, 0.25) is 0 Å². The highest BCUT2D eigenvalue weighted by molar-refractivity contribution is 6.74. The quantitative estimate of drug-likeness (QED) is 0.814. The van der Waals surface area contributed by atoms with Gasteiger partial charge in [0, 0.05) is 5.92 Å². The Bertz CT molecular complexity index is 365. The maximum Gasteiger partial charge on any atom is 0.192 e. The largest absolute Gasteiger partial charge is 0.414 e. The van der Waals surface area contributed by atoms with E-state index in [9.17, 15) is 5.11 Å². The second-order valence-corrected chi connectivity index (χ2v) is 12.8. The molecule has 3 aliphatic rings. The maximum absolute atomic E-state index is 10.6. The van der Waals surface area contributed by atoms with E-state index in [0.29, 0.717) is 13.2 Å². The predicted molar refractivity (Wildman–Crippen MR) is 81.3 cm³/mol. The summed E-state index contributed by atoms with van der Waals surface area (Å²) in [4.78, 5) is 0. The number of aliphatic hydroxyl groups excluding tert-OH is 1. The van der Waals surface area contributed by atoms with Crippen LogP contribution in [0.15, 0.2) is 0 Å². The molecule has 0 aromatic heterocycles. The molecule has 0 saturated carbocycles. The van der Waals surface area contributed by atoms with Gasteiger partial charge in [-0.3, -0.25) is 0 Å². The normalized spacial score (nSPS) is 42.0. The van der Waals surface area contributed by atoms with Gasteiger partial charge in [-0.05, 0) is 25.1 Å². The van der Waals surface area contributed by atoms with Crippen LogP contribution in [-0.2, 0) is 13.9 Å². The van der Waals surface area contributed by atoms with Gasteiger partial charge in [0.1, 0.15) is 5.60 Å². The summed E-state index contributed by atoms with van der Waals surface area (Å²) < 4.78 is 18.3. The minimum atomic E-state index is -1.86. The molecule has 2 bridgehead atoms. The fourth-order valence-corrected chi connectivity index (χ4v) is 3.96. The molecular formula is C15H30O4Si. The Hall–Kier alpha value is 0.0569. The van der Waals surface area contributed by atoms with Crippen molar-refractivity contribution in [3.8, 4) is 0 Å². The van der Waals surface area contributed by atoms with Gasteiger partial charge in [0.15, 0.2) is 8.32 Å². The van der Waals surface area contributed by atoms with Gasteiger partial charge in [0.25, 0.3) is 0 Å². The van der Waals surface area contributed by atoms with E-state index in [-0.39, 0.29) is 23.2 Å². The summed E-state index contributed by atoms with van der Waals surface area (Å²) in [6.45, 7) is 16.0. The fraction of sp³-hybridized carbons (Fsp3) is 1.00. The van der Waals surface area contributed by atoms with E-state index in [1.807, 2.05) is 13.8 Å². The van der Waals surface area contributed by atoms with E-state index in [4.69, 9.17) is 13.9 Å². The maximum atomic E-state index is 10.6. The van der Waals surface area contributed by atoms with Crippen molar-refractivity contribution in [1.29, 1.82) is 0 Å². The van der Waals surface area contributed by atoms with Crippen LogP contribution in [-0.4, -0.2) is 50.6 Å². The average molecular weight is 302 g/mol. The Morgan fingerprint density at radius 2 is 1.90 bits per heavy atom. The molecule has 4 nitrogen and oxygen atoms in total. The summed E-state index contributed by atoms with van der Waals surface area (Å²) in [7, 11) is -1.86. The summed E-state index contributed by atoms with van der Waals surface area (Å²) in [5.41, 5.74) is -0.691. The molecule has 20 heavy (non-hydrogen) atoms. The van der Waals surface area contributed by atoms with Crippen LogP contribution in [0.4, 0.5) is 0 Å². The van der Waals surface area contributed by atoms with E-state index in [0.717, 1.165) is 0 Å². The lowest BCUT2D eigenvalue weighted by atomic mass is 9.78. The zero-order valence-corrected chi connectivity index (χ0v) is 14.9. The van der Waals surface area contributed by atoms with E-state index in [2.05, 4.69) is 33.9 Å². The zero-order valence-electron chi connectivity index (χ0n) is 13.9. The number of ether oxygens (including phenoxy) is 2. The molecule has 118 valence electrons. The van der Waals surface area contributed by atoms with Gasteiger partial charge >= 0.3 is 0 Å². The lowest BCUT2D eigenvalue weighted by molar-refractivity contribution is -0.330. The molecular weight excluding hydrogens is 272 g/mol. The number of rotatable bonds is 3. The Kier molecular flexibility index (Phi) is 4.15. The smallest absolute Gasteiger partial charge is 0.192 e. The number of hydrogen-bond donors (Lipinski definition) is 1. The van der Waals surface area contributed by atoms with Gasteiger partial charge in [-0.15, -0.1) is 0 Å². The highest BCUT2D eigenvalue weighted by Gasteiger charge is 2.57. The predicted octanol–water partition coefficient (Wildman–Crippen LogP) is 2.56. The lowest BCUT2D eigenvalue weighted by Gasteiger charge is -2.56. The van der Waals surface area contributed by atoms with Crippen molar-refractivity contribution in [2.24, 2.45) is 5.92 Å². The summed E-state index contributed by atoms with van der Waals surface area (Å²) in [6.07, 6.45) is -0.493. The van der Waals surface area contributed by atoms with Crippen molar-refractivity contribution in [2.45, 2.75) is 76.7 Å². The van der Waals surface area contributed by atoms with Crippen LogP contribution in [0.1, 0.15) is 34.6 Å². The summed E-state index contributed by atoms with van der Waals surface area (Å²) in [5.74, 6) is 0.0931. The van der Waals surface area contributed by atoms with Gasteiger partial charge < -0.3 is 19.0 Å². The first kappa shape index (κ1) is 16.4. The van der Waals surface area contributed by atoms with Crippen molar-refractivity contribution in [3.05, 3.63) is 0 Å². The first-order chi connectivity index (χ1) is 9.00. The van der Waals surface area contributed by atoms with Crippen molar-refractivity contribution < 1.29 is 19.0 Å². The van der Waals surface area contributed by atoms with Crippen LogP contribution in [0.5, 0.6) is 0 Å². The molecule has 0 aliphatic carbocycles. The Labute approximate surface area is 123 Å². The lowest BCUT2D eigenvalue weighted by Crippen LogP contribution is -2.70. The molecule has 5 unspecified atom stereocenters. The molecule has 1 N–H and O–H groups in total. The summed E-state index contributed by atoms with van der Waals surface area (Å²) in [6, 6.07) is 0. The Morgan fingerprint density at radius 1 is 1.30 bits per heavy atom. The molecule has 0 aromatic rings. The number of fused-ring (bicyclic) bond motifs is 3. The van der Waals surface area contributed by atoms with Crippen molar-refractivity contribution in [3.63, 3.8) is 0 Å². The third-order valence-electron chi connectivity index (χ3n) is 5.44. The molecule has 0 spiro atoms. The van der Waals surface area contributed by atoms with E-state index in [1.165, 1.54) is 0 Å². The third kappa shape index (κ3) is 2.59. The molecule has 0 radical (unpaired) electrons. The fourth-order valence-electron chi connectivity index (χ4n) is 2.92. The number of aliphatic hydroxyl groups is 1. The summed E-state index contributed by atoms with van der Waals surface area (Å²) >= 11 is 0. The number of hydrogen-bond acceptors (Lipinski definition) is 4. The SMILES string of the molecule is CC1OC2(CO[Si](C)(C)C(C)(C)C)COC1C(C)C2O. The molecule has 0 amide bonds. The van der Waals surface area contributed by atoms with Crippen molar-refractivity contribution in [1.82, 2.24) is 0 Å². The van der Waals surface area contributed by atoms with Gasteiger partial charge in [-0.2, -0.15) is 0 Å². The van der Waals surface area contributed by atoms with Crippen LogP contribution in [0.2, 0.25) is 18.1 Å². The van der Waals surface area contributed by atoms with Crippen molar-refractivity contribution >= 4 is 8.32 Å². The second kappa shape index (κ2) is 5.06. The minimum Gasteiger partial charge on any atom is -0.414 e. The third-order valence-corrected chi connectivity index (χ3v) is 9.92. The molecule has 3 aliphatic heterocycles. The Balaban J connectivity index is 2.11. The molecule has 3 fully saturated rings. The standard InChI is InChI=1S/C15H30O4Si/c1-10-12-11(2)19-15(8-17-12,13(10)16)9-18-20(6,7)14(3,4)5/h10-13,16H,8-9H2,1-7H3. The highest BCUT2D eigenvalue weighted by Crippen LogP contribution is 2.43.